The number of rotatable bonds is 4. The smallest absolute Gasteiger partial charge is 0.263 e. The van der Waals surface area contributed by atoms with E-state index < -0.39 is 0 Å². The molecule has 0 unspecified atom stereocenters. The van der Waals surface area contributed by atoms with Crippen molar-refractivity contribution in [2.45, 2.75) is 13.0 Å². The largest absolute Gasteiger partial charge is 0.395 e. The normalized spacial score (nSPS) is 9.81. The predicted octanol–water partition coefficient (Wildman–Crippen LogP) is 2.75. The van der Waals surface area contributed by atoms with Crippen molar-refractivity contribution in [1.82, 2.24) is 4.90 Å². The van der Waals surface area contributed by atoms with Gasteiger partial charge in [0.2, 0.25) is 0 Å². The highest BCUT2D eigenvalue weighted by atomic mass is 32.1. The van der Waals surface area contributed by atoms with Crippen LogP contribution in [0.2, 0.25) is 0 Å². The summed E-state index contributed by atoms with van der Waals surface area (Å²) in [4.78, 5) is 14.7. The standard InChI is InChI=1S/C17H17NO2S/c1-18(17(20)16-10-6-12-21-16)13-15-9-3-2-7-14(15)8-4-5-11-19/h2-3,6-7,9-10,12,19H,5,11,13H2,1H3. The van der Waals surface area contributed by atoms with Gasteiger partial charge in [0.15, 0.2) is 0 Å². The minimum Gasteiger partial charge on any atom is -0.395 e. The van der Waals surface area contributed by atoms with Crippen LogP contribution in [0.3, 0.4) is 0 Å². The quantitative estimate of drug-likeness (QED) is 0.882. The van der Waals surface area contributed by atoms with Crippen molar-refractivity contribution in [3.63, 3.8) is 0 Å². The van der Waals surface area contributed by atoms with Gasteiger partial charge in [0.1, 0.15) is 0 Å². The molecule has 0 saturated heterocycles. The molecule has 1 N–H and O–H groups in total. The van der Waals surface area contributed by atoms with Crippen LogP contribution in [0.4, 0.5) is 0 Å². The topological polar surface area (TPSA) is 40.5 Å². The van der Waals surface area contributed by atoms with E-state index in [-0.39, 0.29) is 12.5 Å². The van der Waals surface area contributed by atoms with Gasteiger partial charge < -0.3 is 10.0 Å². The molecule has 21 heavy (non-hydrogen) atoms. The molecule has 1 aromatic heterocycles. The lowest BCUT2D eigenvalue weighted by Gasteiger charge is -2.17. The SMILES string of the molecule is CN(Cc1ccccc1C#CCCO)C(=O)c1cccs1. The Hall–Kier alpha value is -2.09. The van der Waals surface area contributed by atoms with Gasteiger partial charge >= 0.3 is 0 Å². The fourth-order valence-electron chi connectivity index (χ4n) is 1.91. The molecule has 0 saturated carbocycles. The number of aliphatic hydroxyl groups excluding tert-OH is 1. The summed E-state index contributed by atoms with van der Waals surface area (Å²) in [5.74, 6) is 5.99. The lowest BCUT2D eigenvalue weighted by Crippen LogP contribution is -2.25. The average Bonchev–Trinajstić information content (AvgIpc) is 3.02. The lowest BCUT2D eigenvalue weighted by atomic mass is 10.1. The molecule has 0 aliphatic carbocycles. The van der Waals surface area contributed by atoms with E-state index in [1.54, 1.807) is 11.9 Å². The first-order valence-corrected chi connectivity index (χ1v) is 7.57. The van der Waals surface area contributed by atoms with Gasteiger partial charge in [-0.05, 0) is 23.1 Å². The molecule has 2 rings (SSSR count). The number of carbonyl (C=O) groups is 1. The highest BCUT2D eigenvalue weighted by Crippen LogP contribution is 2.15. The molecule has 0 atom stereocenters. The predicted molar refractivity (Wildman–Crippen MR) is 85.1 cm³/mol. The van der Waals surface area contributed by atoms with Crippen LogP contribution < -0.4 is 0 Å². The van der Waals surface area contributed by atoms with Crippen molar-refractivity contribution in [3.05, 3.63) is 57.8 Å². The maximum absolute atomic E-state index is 12.2. The summed E-state index contributed by atoms with van der Waals surface area (Å²) in [5.41, 5.74) is 1.91. The third-order valence-corrected chi connectivity index (χ3v) is 3.82. The molecule has 1 heterocycles. The van der Waals surface area contributed by atoms with Gasteiger partial charge in [-0.25, -0.2) is 0 Å². The Kier molecular flexibility index (Phi) is 5.56. The van der Waals surface area contributed by atoms with Gasteiger partial charge in [-0.15, -0.1) is 11.3 Å². The van der Waals surface area contributed by atoms with E-state index >= 15 is 0 Å². The molecule has 2 aromatic rings. The first-order valence-electron chi connectivity index (χ1n) is 6.69. The fraction of sp³-hybridized carbons (Fsp3) is 0.235. The number of amides is 1. The van der Waals surface area contributed by atoms with Crippen molar-refractivity contribution in [2.24, 2.45) is 0 Å². The van der Waals surface area contributed by atoms with E-state index in [9.17, 15) is 4.79 Å². The van der Waals surface area contributed by atoms with E-state index in [4.69, 9.17) is 5.11 Å². The van der Waals surface area contributed by atoms with E-state index in [0.29, 0.717) is 13.0 Å². The first-order chi connectivity index (χ1) is 10.2. The minimum atomic E-state index is 0.0168. The molecule has 0 aliphatic heterocycles. The second-order valence-electron chi connectivity index (χ2n) is 4.57. The third kappa shape index (κ3) is 4.19. The Balaban J connectivity index is 2.12. The van der Waals surface area contributed by atoms with Crippen LogP contribution in [0.25, 0.3) is 0 Å². The number of benzene rings is 1. The van der Waals surface area contributed by atoms with Gasteiger partial charge in [-0.2, -0.15) is 0 Å². The highest BCUT2D eigenvalue weighted by molar-refractivity contribution is 7.12. The average molecular weight is 299 g/mol. The van der Waals surface area contributed by atoms with Crippen LogP contribution in [0, 0.1) is 11.8 Å². The molecule has 0 spiro atoms. The van der Waals surface area contributed by atoms with Gasteiger partial charge in [0.05, 0.1) is 11.5 Å². The maximum Gasteiger partial charge on any atom is 0.263 e. The second kappa shape index (κ2) is 7.63. The van der Waals surface area contributed by atoms with Crippen molar-refractivity contribution in [2.75, 3.05) is 13.7 Å². The summed E-state index contributed by atoms with van der Waals surface area (Å²) < 4.78 is 0. The Bertz CT molecular complexity index is 653. The van der Waals surface area contributed by atoms with Gasteiger partial charge in [0, 0.05) is 25.6 Å². The zero-order chi connectivity index (χ0) is 15.1. The molecule has 0 radical (unpaired) electrons. The third-order valence-electron chi connectivity index (χ3n) is 2.96. The number of nitrogens with zero attached hydrogens (tertiary/aromatic N) is 1. The van der Waals surface area contributed by atoms with Crippen molar-refractivity contribution in [3.8, 4) is 11.8 Å². The van der Waals surface area contributed by atoms with Crippen LogP contribution in [0.1, 0.15) is 27.2 Å². The van der Waals surface area contributed by atoms with E-state index in [1.807, 2.05) is 41.8 Å². The Morgan fingerprint density at radius 2 is 2.10 bits per heavy atom. The van der Waals surface area contributed by atoms with Crippen LogP contribution in [-0.2, 0) is 6.54 Å². The van der Waals surface area contributed by atoms with E-state index in [1.165, 1.54) is 11.3 Å². The van der Waals surface area contributed by atoms with E-state index in [2.05, 4.69) is 11.8 Å². The molecule has 3 nitrogen and oxygen atoms in total. The fourth-order valence-corrected chi connectivity index (χ4v) is 2.63. The van der Waals surface area contributed by atoms with Gasteiger partial charge in [0.25, 0.3) is 5.91 Å². The number of carbonyl (C=O) groups excluding carboxylic acids is 1. The summed E-state index contributed by atoms with van der Waals surface area (Å²) in [7, 11) is 1.79. The van der Waals surface area contributed by atoms with Gasteiger partial charge in [-0.3, -0.25) is 4.79 Å². The summed E-state index contributed by atoms with van der Waals surface area (Å²) in [6, 6.07) is 11.5. The van der Waals surface area contributed by atoms with E-state index in [0.717, 1.165) is 16.0 Å². The number of thiophene rings is 1. The van der Waals surface area contributed by atoms with Gasteiger partial charge in [-0.1, -0.05) is 36.1 Å². The number of hydrogen-bond acceptors (Lipinski definition) is 3. The number of hydrogen-bond donors (Lipinski definition) is 1. The molecular formula is C17H17NO2S. The highest BCUT2D eigenvalue weighted by Gasteiger charge is 2.13. The Labute approximate surface area is 128 Å². The molecule has 0 fully saturated rings. The van der Waals surface area contributed by atoms with Crippen molar-refractivity contribution in [1.29, 1.82) is 0 Å². The zero-order valence-electron chi connectivity index (χ0n) is 11.9. The summed E-state index contributed by atoms with van der Waals surface area (Å²) >= 11 is 1.44. The Morgan fingerprint density at radius 3 is 2.81 bits per heavy atom. The number of aliphatic hydroxyl groups is 1. The van der Waals surface area contributed by atoms with Crippen LogP contribution in [0.15, 0.2) is 41.8 Å². The summed E-state index contributed by atoms with van der Waals surface area (Å²) in [6.45, 7) is 0.576. The molecule has 1 amide bonds. The first kappa shape index (κ1) is 15.3. The zero-order valence-corrected chi connectivity index (χ0v) is 12.7. The van der Waals surface area contributed by atoms with Crippen LogP contribution in [0.5, 0.6) is 0 Å². The maximum atomic E-state index is 12.2. The lowest BCUT2D eigenvalue weighted by molar-refractivity contribution is 0.0790. The Morgan fingerprint density at radius 1 is 1.29 bits per heavy atom. The molecule has 0 bridgehead atoms. The summed E-state index contributed by atoms with van der Waals surface area (Å²) in [5, 5.41) is 10.7. The van der Waals surface area contributed by atoms with Crippen molar-refractivity contribution >= 4 is 17.2 Å². The second-order valence-corrected chi connectivity index (χ2v) is 5.52. The molecular weight excluding hydrogens is 282 g/mol. The van der Waals surface area contributed by atoms with Crippen molar-refractivity contribution < 1.29 is 9.90 Å². The monoisotopic (exact) mass is 299 g/mol. The summed E-state index contributed by atoms with van der Waals surface area (Å²) in [6.07, 6.45) is 0.457. The minimum absolute atomic E-state index is 0.0168. The molecule has 108 valence electrons. The molecule has 0 aliphatic rings. The van der Waals surface area contributed by atoms with Crippen LogP contribution in [-0.4, -0.2) is 29.6 Å². The molecule has 4 heteroatoms. The molecule has 1 aromatic carbocycles. The van der Waals surface area contributed by atoms with Crippen LogP contribution >= 0.6 is 11.3 Å².